The minimum absolute atomic E-state index is 0.00710. The van der Waals surface area contributed by atoms with E-state index < -0.39 is 5.97 Å². The minimum Gasteiger partial charge on any atom is -0.481 e. The predicted octanol–water partition coefficient (Wildman–Crippen LogP) is 7.13. The van der Waals surface area contributed by atoms with E-state index in [9.17, 15) is 9.59 Å². The first-order valence-corrected chi connectivity index (χ1v) is 12.0. The number of carboxylic acids is 1. The molecule has 4 aromatic rings. The summed E-state index contributed by atoms with van der Waals surface area (Å²) in [5.41, 5.74) is 5.24. The van der Waals surface area contributed by atoms with Crippen molar-refractivity contribution in [2.45, 2.75) is 45.6 Å². The highest BCUT2D eigenvalue weighted by atomic mass is 16.4. The second kappa shape index (κ2) is 11.0. The Labute approximate surface area is 205 Å². The van der Waals surface area contributed by atoms with Crippen molar-refractivity contribution in [2.24, 2.45) is 5.92 Å². The number of oxazole rings is 1. The first kappa shape index (κ1) is 24.2. The van der Waals surface area contributed by atoms with E-state index in [1.54, 1.807) is 12.1 Å². The van der Waals surface area contributed by atoms with Gasteiger partial charge in [0, 0.05) is 29.7 Å². The molecular weight excluding hydrogens is 440 g/mol. The second-order valence-corrected chi connectivity index (χ2v) is 8.86. The maximum absolute atomic E-state index is 12.3. The Morgan fingerprint density at radius 2 is 1.69 bits per heavy atom. The van der Waals surface area contributed by atoms with Crippen molar-refractivity contribution in [3.8, 4) is 11.5 Å². The Kier molecular flexibility index (Phi) is 7.60. The highest BCUT2D eigenvalue weighted by Crippen LogP contribution is 2.31. The zero-order valence-corrected chi connectivity index (χ0v) is 20.0. The normalized spacial score (nSPS) is 12.9. The summed E-state index contributed by atoms with van der Waals surface area (Å²) in [6.45, 7) is 4.39. The van der Waals surface area contributed by atoms with Crippen molar-refractivity contribution < 1.29 is 19.1 Å². The molecule has 0 aliphatic carbocycles. The summed E-state index contributed by atoms with van der Waals surface area (Å²) in [6, 6.07) is 23.5. The lowest BCUT2D eigenvalue weighted by molar-refractivity contribution is -0.137. The molecule has 0 spiro atoms. The number of para-hydroxylation sites is 2. The average Bonchev–Trinajstić information content (AvgIpc) is 3.31. The molecule has 2 N–H and O–H groups in total. The first-order valence-electron chi connectivity index (χ1n) is 12.0. The zero-order chi connectivity index (χ0) is 24.8. The summed E-state index contributed by atoms with van der Waals surface area (Å²) in [7, 11) is 0. The summed E-state index contributed by atoms with van der Waals surface area (Å²) in [4.78, 5) is 27.6. The van der Waals surface area contributed by atoms with Crippen molar-refractivity contribution in [2.75, 3.05) is 5.32 Å². The van der Waals surface area contributed by atoms with Crippen LogP contribution < -0.4 is 5.32 Å². The summed E-state index contributed by atoms with van der Waals surface area (Å²) >= 11 is 0. The maximum Gasteiger partial charge on any atom is 0.303 e. The monoisotopic (exact) mass is 470 g/mol. The van der Waals surface area contributed by atoms with Crippen molar-refractivity contribution in [3.05, 3.63) is 83.9 Å². The Bertz CT molecular complexity index is 1260. The third-order valence-electron chi connectivity index (χ3n) is 6.35. The molecule has 1 heterocycles. The van der Waals surface area contributed by atoms with E-state index >= 15 is 0 Å². The number of rotatable bonds is 11. The first-order chi connectivity index (χ1) is 16.9. The van der Waals surface area contributed by atoms with Gasteiger partial charge in [-0.1, -0.05) is 44.5 Å². The topological polar surface area (TPSA) is 92.4 Å². The molecule has 0 radical (unpaired) electrons. The van der Waals surface area contributed by atoms with Crippen LogP contribution in [0.15, 0.2) is 77.2 Å². The highest BCUT2D eigenvalue weighted by Gasteiger charge is 2.19. The van der Waals surface area contributed by atoms with Gasteiger partial charge < -0.3 is 14.8 Å². The number of nitrogens with zero attached hydrogens (tertiary/aromatic N) is 1. The molecule has 1 unspecified atom stereocenters. The van der Waals surface area contributed by atoms with Gasteiger partial charge in [-0.2, -0.15) is 0 Å². The molecule has 0 saturated carbocycles. The van der Waals surface area contributed by atoms with Crippen LogP contribution in [-0.2, 0) is 4.79 Å². The van der Waals surface area contributed by atoms with Gasteiger partial charge in [-0.05, 0) is 66.4 Å². The third-order valence-corrected chi connectivity index (χ3v) is 6.35. The van der Waals surface area contributed by atoms with Gasteiger partial charge in [0.15, 0.2) is 11.4 Å². The molecule has 0 saturated heterocycles. The minimum atomic E-state index is -0.879. The standard InChI is InChI=1S/C29H30N2O4/c1-3-19(2)28(30-23-17-15-20(16-18-23)25(32)8-6-10-27(33)34)21-11-13-22(14-12-21)29-31-24-7-4-5-9-26(24)35-29/h4-5,7,9,11-19,28,30H,3,6,8,10H2,1-2H3,(H,33,34)/t19?,28-/m0/s1. The largest absolute Gasteiger partial charge is 0.481 e. The molecular formula is C29H30N2O4. The van der Waals surface area contributed by atoms with E-state index in [4.69, 9.17) is 9.52 Å². The van der Waals surface area contributed by atoms with Crippen molar-refractivity contribution in [1.82, 2.24) is 4.98 Å². The predicted molar refractivity (Wildman–Crippen MR) is 138 cm³/mol. The van der Waals surface area contributed by atoms with E-state index in [-0.39, 0.29) is 24.7 Å². The lowest BCUT2D eigenvalue weighted by atomic mass is 9.91. The number of fused-ring (bicyclic) bond motifs is 1. The van der Waals surface area contributed by atoms with E-state index in [2.05, 4.69) is 36.3 Å². The van der Waals surface area contributed by atoms with E-state index in [0.29, 0.717) is 23.8 Å². The van der Waals surface area contributed by atoms with Crippen LogP contribution in [0, 0.1) is 5.92 Å². The van der Waals surface area contributed by atoms with Crippen LogP contribution in [0.2, 0.25) is 0 Å². The van der Waals surface area contributed by atoms with Gasteiger partial charge in [-0.25, -0.2) is 4.98 Å². The van der Waals surface area contributed by atoms with Crippen LogP contribution in [0.25, 0.3) is 22.6 Å². The number of benzene rings is 3. The molecule has 1 aromatic heterocycles. The molecule has 0 aliphatic rings. The summed E-state index contributed by atoms with van der Waals surface area (Å²) < 4.78 is 5.90. The smallest absolute Gasteiger partial charge is 0.303 e. The molecule has 2 atom stereocenters. The van der Waals surface area contributed by atoms with Crippen LogP contribution in [0.5, 0.6) is 0 Å². The van der Waals surface area contributed by atoms with Gasteiger partial charge in [0.05, 0.1) is 6.04 Å². The molecule has 0 aliphatic heterocycles. The molecule has 180 valence electrons. The fourth-order valence-corrected chi connectivity index (χ4v) is 4.09. The van der Waals surface area contributed by atoms with Gasteiger partial charge in [0.1, 0.15) is 5.52 Å². The molecule has 0 bridgehead atoms. The van der Waals surface area contributed by atoms with E-state index in [1.165, 1.54) is 0 Å². The van der Waals surface area contributed by atoms with Crippen LogP contribution in [0.4, 0.5) is 5.69 Å². The number of carboxylic acid groups (broad SMARTS) is 1. The van der Waals surface area contributed by atoms with Crippen molar-refractivity contribution in [1.29, 1.82) is 0 Å². The zero-order valence-electron chi connectivity index (χ0n) is 20.0. The second-order valence-electron chi connectivity index (χ2n) is 8.86. The lowest BCUT2D eigenvalue weighted by Gasteiger charge is -2.26. The number of hydrogen-bond donors (Lipinski definition) is 2. The average molecular weight is 471 g/mol. The summed E-state index contributed by atoms with van der Waals surface area (Å²) in [5.74, 6) is 0.0679. The molecule has 0 amide bonds. The number of nitrogens with one attached hydrogen (secondary N) is 1. The number of hydrogen-bond acceptors (Lipinski definition) is 5. The summed E-state index contributed by atoms with van der Waals surface area (Å²) in [5, 5.41) is 12.4. The number of ketones is 1. The van der Waals surface area contributed by atoms with Gasteiger partial charge in [-0.3, -0.25) is 9.59 Å². The van der Waals surface area contributed by atoms with Gasteiger partial charge in [0.25, 0.3) is 0 Å². The highest BCUT2D eigenvalue weighted by molar-refractivity contribution is 5.96. The SMILES string of the molecule is CCC(C)[C@H](Nc1ccc(C(=O)CCCC(=O)O)cc1)c1ccc(-c2nc3ccccc3o2)cc1. The van der Waals surface area contributed by atoms with E-state index in [0.717, 1.165) is 34.3 Å². The fraction of sp³-hybridized carbons (Fsp3) is 0.276. The number of anilines is 1. The van der Waals surface area contributed by atoms with Crippen molar-refractivity contribution >= 4 is 28.5 Å². The molecule has 3 aromatic carbocycles. The number of carbonyl (C=O) groups excluding carboxylic acids is 1. The van der Waals surface area contributed by atoms with Crippen LogP contribution >= 0.6 is 0 Å². The van der Waals surface area contributed by atoms with E-state index in [1.807, 2.05) is 48.5 Å². The molecule has 6 nitrogen and oxygen atoms in total. The van der Waals surface area contributed by atoms with Gasteiger partial charge in [0.2, 0.25) is 5.89 Å². The lowest BCUT2D eigenvalue weighted by Crippen LogP contribution is -2.18. The fourth-order valence-electron chi connectivity index (χ4n) is 4.09. The third kappa shape index (κ3) is 5.96. The molecule has 0 fully saturated rings. The van der Waals surface area contributed by atoms with Gasteiger partial charge in [-0.15, -0.1) is 0 Å². The Morgan fingerprint density at radius 3 is 2.34 bits per heavy atom. The van der Waals surface area contributed by atoms with Crippen LogP contribution in [0.3, 0.4) is 0 Å². The number of aliphatic carboxylic acids is 1. The number of carbonyl (C=O) groups is 2. The molecule has 6 heteroatoms. The maximum atomic E-state index is 12.3. The quantitative estimate of drug-likeness (QED) is 0.227. The number of Topliss-reactive ketones (excluding diaryl/α,β-unsaturated/α-hetero) is 1. The summed E-state index contributed by atoms with van der Waals surface area (Å²) in [6.07, 6.45) is 1.60. The van der Waals surface area contributed by atoms with Crippen LogP contribution in [0.1, 0.15) is 61.5 Å². The van der Waals surface area contributed by atoms with Crippen molar-refractivity contribution in [3.63, 3.8) is 0 Å². The Hall–Kier alpha value is -3.93. The Balaban J connectivity index is 1.47. The van der Waals surface area contributed by atoms with Gasteiger partial charge >= 0.3 is 5.97 Å². The molecule has 35 heavy (non-hydrogen) atoms. The Morgan fingerprint density at radius 1 is 0.971 bits per heavy atom. The van der Waals surface area contributed by atoms with Crippen LogP contribution in [-0.4, -0.2) is 21.8 Å². The number of aromatic nitrogens is 1. The molecule has 4 rings (SSSR count).